The van der Waals surface area contributed by atoms with E-state index in [1.54, 1.807) is 0 Å². The van der Waals surface area contributed by atoms with E-state index < -0.39 is 5.97 Å². The molecule has 0 fully saturated rings. The number of rotatable bonds is 3. The number of aromatic nitrogens is 2. The molecule has 1 unspecified atom stereocenters. The van der Waals surface area contributed by atoms with Crippen molar-refractivity contribution in [2.75, 3.05) is 0 Å². The van der Waals surface area contributed by atoms with Gasteiger partial charge in [-0.1, -0.05) is 0 Å². The Morgan fingerprint density at radius 3 is 3.27 bits per heavy atom. The van der Waals surface area contributed by atoms with Gasteiger partial charge in [0.1, 0.15) is 0 Å². The molecule has 82 valence electrons. The third kappa shape index (κ3) is 2.37. The smallest absolute Gasteiger partial charge is 0.303 e. The molecule has 0 saturated heterocycles. The average molecular weight is 208 g/mol. The first-order valence-electron chi connectivity index (χ1n) is 5.40. The highest BCUT2D eigenvalue weighted by atomic mass is 16.4. The van der Waals surface area contributed by atoms with E-state index in [2.05, 4.69) is 11.2 Å². The van der Waals surface area contributed by atoms with Gasteiger partial charge in [0.15, 0.2) is 0 Å². The average Bonchev–Trinajstić information content (AvgIpc) is 2.53. The molecule has 0 aliphatic carbocycles. The van der Waals surface area contributed by atoms with Crippen LogP contribution in [0.15, 0.2) is 6.07 Å². The van der Waals surface area contributed by atoms with E-state index in [9.17, 15) is 4.79 Å². The van der Waals surface area contributed by atoms with Crippen molar-refractivity contribution in [1.29, 1.82) is 0 Å². The molecule has 1 atom stereocenters. The van der Waals surface area contributed by atoms with Crippen LogP contribution < -0.4 is 0 Å². The van der Waals surface area contributed by atoms with Crippen LogP contribution >= 0.6 is 0 Å². The molecule has 0 saturated carbocycles. The molecule has 1 aliphatic heterocycles. The number of nitrogens with zero attached hydrogens (tertiary/aromatic N) is 2. The molecule has 4 nitrogen and oxygen atoms in total. The number of hydrogen-bond acceptors (Lipinski definition) is 2. The van der Waals surface area contributed by atoms with Gasteiger partial charge in [0.05, 0.1) is 5.69 Å². The Hall–Kier alpha value is -1.32. The fourth-order valence-electron chi connectivity index (χ4n) is 2.23. The molecular formula is C11H16N2O2. The molecule has 2 rings (SSSR count). The van der Waals surface area contributed by atoms with Crippen molar-refractivity contribution < 1.29 is 9.90 Å². The Kier molecular flexibility index (Phi) is 2.75. The molecule has 0 spiro atoms. The first-order valence-corrected chi connectivity index (χ1v) is 5.40. The number of hydrogen-bond donors (Lipinski definition) is 1. The summed E-state index contributed by atoms with van der Waals surface area (Å²) in [4.78, 5) is 10.5. The standard InChI is InChI=1S/C11H16N2O2/c1-8-6-10-7-9(2-3-11(14)15)4-5-13(10)12-8/h6,9H,2-5,7H2,1H3,(H,14,15). The van der Waals surface area contributed by atoms with Crippen LogP contribution in [0.2, 0.25) is 0 Å². The van der Waals surface area contributed by atoms with E-state index >= 15 is 0 Å². The van der Waals surface area contributed by atoms with Gasteiger partial charge < -0.3 is 5.11 Å². The highest BCUT2D eigenvalue weighted by Gasteiger charge is 2.20. The van der Waals surface area contributed by atoms with Crippen LogP contribution in [0.25, 0.3) is 0 Å². The summed E-state index contributed by atoms with van der Waals surface area (Å²) in [6.07, 6.45) is 3.12. The Balaban J connectivity index is 1.96. The predicted molar refractivity (Wildman–Crippen MR) is 55.6 cm³/mol. The van der Waals surface area contributed by atoms with Crippen molar-refractivity contribution in [3.63, 3.8) is 0 Å². The minimum atomic E-state index is -0.690. The lowest BCUT2D eigenvalue weighted by atomic mass is 9.92. The van der Waals surface area contributed by atoms with E-state index in [0.717, 1.165) is 31.5 Å². The number of aryl methyl sites for hydroxylation is 2. The maximum absolute atomic E-state index is 10.5. The van der Waals surface area contributed by atoms with Crippen molar-refractivity contribution in [3.05, 3.63) is 17.5 Å². The second-order valence-electron chi connectivity index (χ2n) is 4.29. The van der Waals surface area contributed by atoms with Crippen molar-refractivity contribution in [2.24, 2.45) is 5.92 Å². The summed E-state index contributed by atoms with van der Waals surface area (Å²) >= 11 is 0. The number of carboxylic acids is 1. The maximum atomic E-state index is 10.5. The Bertz CT molecular complexity index is 371. The van der Waals surface area contributed by atoms with Crippen molar-refractivity contribution >= 4 is 5.97 Å². The normalized spacial score (nSPS) is 19.9. The zero-order valence-electron chi connectivity index (χ0n) is 8.94. The van der Waals surface area contributed by atoms with Gasteiger partial charge in [-0.2, -0.15) is 5.10 Å². The van der Waals surface area contributed by atoms with Crippen molar-refractivity contribution in [2.45, 2.75) is 39.2 Å². The minimum absolute atomic E-state index is 0.289. The second-order valence-corrected chi connectivity index (χ2v) is 4.29. The summed E-state index contributed by atoms with van der Waals surface area (Å²) in [6.45, 7) is 2.94. The van der Waals surface area contributed by atoms with Crippen molar-refractivity contribution in [1.82, 2.24) is 9.78 Å². The lowest BCUT2D eigenvalue weighted by Crippen LogP contribution is -2.20. The van der Waals surface area contributed by atoms with Crippen LogP contribution in [-0.2, 0) is 17.8 Å². The number of carbonyl (C=O) groups is 1. The van der Waals surface area contributed by atoms with E-state index in [1.165, 1.54) is 5.69 Å². The molecule has 15 heavy (non-hydrogen) atoms. The monoisotopic (exact) mass is 208 g/mol. The molecular weight excluding hydrogens is 192 g/mol. The predicted octanol–water partition coefficient (Wildman–Crippen LogP) is 1.62. The first kappa shape index (κ1) is 10.2. The van der Waals surface area contributed by atoms with Gasteiger partial charge in [0.2, 0.25) is 0 Å². The van der Waals surface area contributed by atoms with Gasteiger partial charge >= 0.3 is 5.97 Å². The minimum Gasteiger partial charge on any atom is -0.481 e. The topological polar surface area (TPSA) is 55.1 Å². The van der Waals surface area contributed by atoms with Crippen LogP contribution in [0.3, 0.4) is 0 Å². The van der Waals surface area contributed by atoms with E-state index in [1.807, 2.05) is 11.6 Å². The zero-order chi connectivity index (χ0) is 10.8. The van der Waals surface area contributed by atoms with Crippen LogP contribution in [-0.4, -0.2) is 20.9 Å². The Labute approximate surface area is 88.9 Å². The van der Waals surface area contributed by atoms with Gasteiger partial charge in [0, 0.05) is 18.7 Å². The van der Waals surface area contributed by atoms with Gasteiger partial charge in [-0.15, -0.1) is 0 Å². The number of aliphatic carboxylic acids is 1. The summed E-state index contributed by atoms with van der Waals surface area (Å²) in [5.74, 6) is -0.171. The van der Waals surface area contributed by atoms with E-state index in [-0.39, 0.29) is 6.42 Å². The zero-order valence-corrected chi connectivity index (χ0v) is 8.94. The highest BCUT2D eigenvalue weighted by molar-refractivity contribution is 5.66. The summed E-state index contributed by atoms with van der Waals surface area (Å²) in [6, 6.07) is 2.10. The Morgan fingerprint density at radius 1 is 1.73 bits per heavy atom. The van der Waals surface area contributed by atoms with E-state index in [4.69, 9.17) is 5.11 Å². The van der Waals surface area contributed by atoms with Crippen LogP contribution in [0.4, 0.5) is 0 Å². The molecule has 1 aromatic heterocycles. The molecule has 1 aromatic rings. The fourth-order valence-corrected chi connectivity index (χ4v) is 2.23. The quantitative estimate of drug-likeness (QED) is 0.821. The molecule has 0 radical (unpaired) electrons. The summed E-state index contributed by atoms with van der Waals surface area (Å²) < 4.78 is 2.05. The fraction of sp³-hybridized carbons (Fsp3) is 0.636. The molecule has 2 heterocycles. The molecule has 1 N–H and O–H groups in total. The summed E-state index contributed by atoms with van der Waals surface area (Å²) in [5, 5.41) is 13.0. The van der Waals surface area contributed by atoms with Gasteiger partial charge in [-0.05, 0) is 38.2 Å². The molecule has 0 bridgehead atoms. The van der Waals surface area contributed by atoms with Crippen molar-refractivity contribution in [3.8, 4) is 0 Å². The second kappa shape index (κ2) is 4.04. The maximum Gasteiger partial charge on any atom is 0.303 e. The lowest BCUT2D eigenvalue weighted by molar-refractivity contribution is -0.137. The lowest BCUT2D eigenvalue weighted by Gasteiger charge is -2.22. The van der Waals surface area contributed by atoms with Crippen LogP contribution in [0.1, 0.15) is 30.7 Å². The van der Waals surface area contributed by atoms with Crippen LogP contribution in [0.5, 0.6) is 0 Å². The Morgan fingerprint density at radius 2 is 2.53 bits per heavy atom. The van der Waals surface area contributed by atoms with Gasteiger partial charge in [-0.3, -0.25) is 9.48 Å². The van der Waals surface area contributed by atoms with E-state index in [0.29, 0.717) is 5.92 Å². The molecule has 0 amide bonds. The first-order chi connectivity index (χ1) is 7.15. The molecule has 4 heteroatoms. The summed E-state index contributed by atoms with van der Waals surface area (Å²) in [7, 11) is 0. The molecule has 0 aromatic carbocycles. The van der Waals surface area contributed by atoms with Gasteiger partial charge in [-0.25, -0.2) is 0 Å². The number of fused-ring (bicyclic) bond motifs is 1. The third-order valence-corrected chi connectivity index (χ3v) is 3.00. The van der Waals surface area contributed by atoms with Crippen LogP contribution in [0, 0.1) is 12.8 Å². The largest absolute Gasteiger partial charge is 0.481 e. The SMILES string of the molecule is Cc1cc2n(n1)CCC(CCC(=O)O)C2. The van der Waals surface area contributed by atoms with Gasteiger partial charge in [0.25, 0.3) is 0 Å². The summed E-state index contributed by atoms with van der Waals surface area (Å²) in [5.41, 5.74) is 2.32. The third-order valence-electron chi connectivity index (χ3n) is 3.00. The highest BCUT2D eigenvalue weighted by Crippen LogP contribution is 2.24. The molecule has 1 aliphatic rings. The number of carboxylic acid groups (broad SMARTS) is 1.